The van der Waals surface area contributed by atoms with Crippen LogP contribution in [0, 0.1) is 5.92 Å². The van der Waals surface area contributed by atoms with Gasteiger partial charge in [-0.25, -0.2) is 9.98 Å². The molecule has 1 fully saturated rings. The van der Waals surface area contributed by atoms with Gasteiger partial charge in [0.15, 0.2) is 5.96 Å². The van der Waals surface area contributed by atoms with E-state index < -0.39 is 0 Å². The summed E-state index contributed by atoms with van der Waals surface area (Å²) in [5.41, 5.74) is 1.92. The van der Waals surface area contributed by atoms with Crippen molar-refractivity contribution >= 4 is 51.5 Å². The Morgan fingerprint density at radius 3 is 2.87 bits per heavy atom. The second-order valence-electron chi connectivity index (χ2n) is 5.72. The Hall–Kier alpha value is -0.830. The van der Waals surface area contributed by atoms with Gasteiger partial charge in [-0.1, -0.05) is 6.42 Å². The summed E-state index contributed by atoms with van der Waals surface area (Å²) >= 11 is 3.47. The third-order valence-corrected chi connectivity index (χ3v) is 4.46. The number of guanidine groups is 1. The maximum absolute atomic E-state index is 4.64. The summed E-state index contributed by atoms with van der Waals surface area (Å²) in [7, 11) is 0. The monoisotopic (exact) mass is 491 g/mol. The van der Waals surface area contributed by atoms with Crippen LogP contribution in [0.15, 0.2) is 34.0 Å². The molecule has 0 atom stereocenters. The first-order chi connectivity index (χ1) is 10.7. The lowest BCUT2D eigenvalue weighted by molar-refractivity contribution is 0.314. The van der Waals surface area contributed by atoms with Crippen LogP contribution in [0.5, 0.6) is 0 Å². The van der Waals surface area contributed by atoms with Gasteiger partial charge in [0.25, 0.3) is 0 Å². The molecule has 2 heterocycles. The third-order valence-electron chi connectivity index (χ3n) is 3.99. The van der Waals surface area contributed by atoms with Crippen molar-refractivity contribution in [1.29, 1.82) is 0 Å². The van der Waals surface area contributed by atoms with E-state index in [4.69, 9.17) is 0 Å². The van der Waals surface area contributed by atoms with Crippen molar-refractivity contribution in [3.63, 3.8) is 0 Å². The Morgan fingerprint density at radius 2 is 2.17 bits per heavy atom. The molecule has 0 unspecified atom stereocenters. The predicted molar refractivity (Wildman–Crippen MR) is 108 cm³/mol. The molecule has 2 aromatic rings. The van der Waals surface area contributed by atoms with E-state index in [0.29, 0.717) is 6.54 Å². The molecule has 0 bridgehead atoms. The number of rotatable bonds is 5. The van der Waals surface area contributed by atoms with E-state index in [1.54, 1.807) is 0 Å². The Balaban J connectivity index is 0.00000192. The lowest BCUT2D eigenvalue weighted by atomic mass is 9.85. The molecule has 0 radical (unpaired) electrons. The molecule has 0 amide bonds. The summed E-state index contributed by atoms with van der Waals surface area (Å²) in [5, 5.41) is 6.73. The number of hydrogen-bond acceptors (Lipinski definition) is 2. The zero-order chi connectivity index (χ0) is 15.4. The van der Waals surface area contributed by atoms with Gasteiger partial charge in [0.2, 0.25) is 0 Å². The van der Waals surface area contributed by atoms with Gasteiger partial charge in [-0.15, -0.1) is 24.0 Å². The molecule has 1 aliphatic rings. The molecule has 1 aliphatic carbocycles. The van der Waals surface area contributed by atoms with Crippen LogP contribution in [0.1, 0.15) is 31.9 Å². The topological polar surface area (TPSA) is 53.7 Å². The summed E-state index contributed by atoms with van der Waals surface area (Å²) in [6.45, 7) is 4.56. The van der Waals surface area contributed by atoms with E-state index >= 15 is 0 Å². The maximum atomic E-state index is 4.64. The molecule has 2 N–H and O–H groups in total. The van der Waals surface area contributed by atoms with Crippen LogP contribution in [-0.4, -0.2) is 28.4 Å². The Labute approximate surface area is 162 Å². The highest BCUT2D eigenvalue weighted by atomic mass is 127. The van der Waals surface area contributed by atoms with E-state index in [1.165, 1.54) is 19.3 Å². The van der Waals surface area contributed by atoms with Crippen LogP contribution in [0.25, 0.3) is 5.65 Å². The second kappa shape index (κ2) is 8.86. The van der Waals surface area contributed by atoms with Crippen LogP contribution in [-0.2, 0) is 6.54 Å². The maximum Gasteiger partial charge on any atom is 0.191 e. The lowest BCUT2D eigenvalue weighted by Gasteiger charge is -2.26. The van der Waals surface area contributed by atoms with Crippen molar-refractivity contribution in [3.05, 3.63) is 34.7 Å². The normalized spacial score (nSPS) is 15.1. The molecule has 0 saturated heterocycles. The highest BCUT2D eigenvalue weighted by Gasteiger charge is 2.17. The van der Waals surface area contributed by atoms with E-state index in [0.717, 1.165) is 40.8 Å². The van der Waals surface area contributed by atoms with Gasteiger partial charge in [-0.2, -0.15) is 0 Å². The van der Waals surface area contributed by atoms with Gasteiger partial charge in [0.1, 0.15) is 5.65 Å². The van der Waals surface area contributed by atoms with Gasteiger partial charge in [0.05, 0.1) is 12.2 Å². The molecule has 5 nitrogen and oxygen atoms in total. The Bertz CT molecular complexity index is 666. The summed E-state index contributed by atoms with van der Waals surface area (Å²) in [6.07, 6.45) is 8.09. The van der Waals surface area contributed by atoms with Crippen molar-refractivity contribution in [2.45, 2.75) is 32.7 Å². The Morgan fingerprint density at radius 1 is 1.35 bits per heavy atom. The zero-order valence-electron chi connectivity index (χ0n) is 13.3. The molecule has 0 aliphatic heterocycles. The number of nitrogens with zero attached hydrogens (tertiary/aromatic N) is 3. The molecule has 0 aromatic carbocycles. The molecule has 1 saturated carbocycles. The number of pyridine rings is 1. The molecule has 2 aromatic heterocycles. The van der Waals surface area contributed by atoms with Crippen LogP contribution in [0.3, 0.4) is 0 Å². The summed E-state index contributed by atoms with van der Waals surface area (Å²) < 4.78 is 3.06. The second-order valence-corrected chi connectivity index (χ2v) is 6.63. The van der Waals surface area contributed by atoms with Crippen molar-refractivity contribution < 1.29 is 0 Å². The van der Waals surface area contributed by atoms with Gasteiger partial charge >= 0.3 is 0 Å². The van der Waals surface area contributed by atoms with E-state index in [1.807, 2.05) is 28.9 Å². The van der Waals surface area contributed by atoms with Gasteiger partial charge in [0, 0.05) is 30.0 Å². The third kappa shape index (κ3) is 5.07. The fraction of sp³-hybridized carbons (Fsp3) is 0.500. The minimum absolute atomic E-state index is 0. The number of fused-ring (bicyclic) bond motifs is 1. The first-order valence-electron chi connectivity index (χ1n) is 7.90. The summed E-state index contributed by atoms with van der Waals surface area (Å²) in [5.74, 6) is 1.70. The average Bonchev–Trinajstić information content (AvgIpc) is 2.85. The molecule has 3 rings (SSSR count). The zero-order valence-corrected chi connectivity index (χ0v) is 17.2. The molecule has 126 valence electrons. The lowest BCUT2D eigenvalue weighted by Crippen LogP contribution is -2.41. The number of hydrogen-bond donors (Lipinski definition) is 2. The number of imidazole rings is 1. The van der Waals surface area contributed by atoms with Crippen LogP contribution in [0.2, 0.25) is 0 Å². The predicted octanol–water partition coefficient (Wildman–Crippen LogP) is 3.57. The largest absolute Gasteiger partial charge is 0.357 e. The first-order valence-corrected chi connectivity index (χ1v) is 8.69. The van der Waals surface area contributed by atoms with Crippen LogP contribution >= 0.6 is 39.9 Å². The quantitative estimate of drug-likeness (QED) is 0.382. The number of aromatic nitrogens is 2. The summed E-state index contributed by atoms with van der Waals surface area (Å²) in [6, 6.07) is 4.00. The fourth-order valence-corrected chi connectivity index (χ4v) is 2.89. The molecular formula is C16H23BrIN5. The summed E-state index contributed by atoms with van der Waals surface area (Å²) in [4.78, 5) is 9.23. The minimum Gasteiger partial charge on any atom is -0.357 e. The number of aliphatic imine (C=N–C) groups is 1. The minimum atomic E-state index is 0. The van der Waals surface area contributed by atoms with Crippen LogP contribution in [0.4, 0.5) is 0 Å². The number of halogens is 2. The number of nitrogens with one attached hydrogen (secondary N) is 2. The van der Waals surface area contributed by atoms with Crippen molar-refractivity contribution in [3.8, 4) is 0 Å². The molecule has 7 heteroatoms. The Kier molecular flexibility index (Phi) is 7.13. The van der Waals surface area contributed by atoms with E-state index in [9.17, 15) is 0 Å². The van der Waals surface area contributed by atoms with Crippen LogP contribution < -0.4 is 10.6 Å². The van der Waals surface area contributed by atoms with Crippen molar-refractivity contribution in [1.82, 2.24) is 20.0 Å². The molecule has 0 spiro atoms. The SMILES string of the molecule is CCNC(=NCc1cn2cc(Br)ccc2n1)NCC1CCC1.I. The molecular weight excluding hydrogens is 469 g/mol. The van der Waals surface area contributed by atoms with Crippen molar-refractivity contribution in [2.24, 2.45) is 10.9 Å². The first kappa shape index (κ1) is 18.5. The van der Waals surface area contributed by atoms with Gasteiger partial charge in [-0.05, 0) is 53.7 Å². The van der Waals surface area contributed by atoms with Gasteiger partial charge < -0.3 is 15.0 Å². The highest BCUT2D eigenvalue weighted by Crippen LogP contribution is 2.25. The van der Waals surface area contributed by atoms with Gasteiger partial charge in [-0.3, -0.25) is 0 Å². The van der Waals surface area contributed by atoms with E-state index in [2.05, 4.69) is 43.5 Å². The highest BCUT2D eigenvalue weighted by molar-refractivity contribution is 14.0. The van der Waals surface area contributed by atoms with E-state index in [-0.39, 0.29) is 24.0 Å². The smallest absolute Gasteiger partial charge is 0.191 e. The van der Waals surface area contributed by atoms with Crippen molar-refractivity contribution in [2.75, 3.05) is 13.1 Å². The average molecular weight is 492 g/mol. The fourth-order valence-electron chi connectivity index (χ4n) is 2.53. The standard InChI is InChI=1S/C16H22BrN5.HI/c1-2-18-16(19-8-12-4-3-5-12)20-9-14-11-22-10-13(17)6-7-15(22)21-14;/h6-7,10-12H,2-5,8-9H2,1H3,(H2,18,19,20);1H. The molecule has 23 heavy (non-hydrogen) atoms.